The van der Waals surface area contributed by atoms with Crippen molar-refractivity contribution in [1.82, 2.24) is 0 Å². The Bertz CT molecular complexity index is 692. The Hall–Kier alpha value is -2.51. The average molecular weight is 288 g/mol. The number of nitrogens with zero attached hydrogens (tertiary/aromatic N) is 1. The van der Waals surface area contributed by atoms with Gasteiger partial charge in [0.05, 0.1) is 22.2 Å². The summed E-state index contributed by atoms with van der Waals surface area (Å²) in [6, 6.07) is 13.2. The third-order valence-corrected chi connectivity index (χ3v) is 2.99. The minimum Gasteiger partial charge on any atom is -0.487 e. The van der Waals surface area contributed by atoms with Gasteiger partial charge in [-0.05, 0) is 24.3 Å². The fourth-order valence-corrected chi connectivity index (χ4v) is 1.93. The Morgan fingerprint density at radius 3 is 2.70 bits per heavy atom. The normalized spacial score (nSPS) is 9.80. The molecule has 1 N–H and O–H groups in total. The van der Waals surface area contributed by atoms with E-state index in [1.807, 2.05) is 6.07 Å². The number of halogens is 1. The van der Waals surface area contributed by atoms with Crippen LogP contribution in [-0.2, 0) is 6.61 Å². The minimum atomic E-state index is -1.00. The SMILES string of the molecule is N#Cc1ccc(OCc2ccccc2C(=O)O)c(Cl)c1. The van der Waals surface area contributed by atoms with Crippen LogP contribution in [0.15, 0.2) is 42.5 Å². The molecule has 0 saturated heterocycles. The molecule has 0 aromatic heterocycles. The monoisotopic (exact) mass is 287 g/mol. The van der Waals surface area contributed by atoms with Gasteiger partial charge < -0.3 is 9.84 Å². The first-order valence-corrected chi connectivity index (χ1v) is 6.13. The molecule has 0 fully saturated rings. The van der Waals surface area contributed by atoms with Crippen LogP contribution in [0.25, 0.3) is 0 Å². The van der Waals surface area contributed by atoms with E-state index < -0.39 is 5.97 Å². The summed E-state index contributed by atoms with van der Waals surface area (Å²) in [4.78, 5) is 11.1. The van der Waals surface area contributed by atoms with Crippen LogP contribution in [0.2, 0.25) is 5.02 Å². The molecule has 0 heterocycles. The first-order valence-electron chi connectivity index (χ1n) is 5.75. The van der Waals surface area contributed by atoms with E-state index in [1.54, 1.807) is 30.3 Å². The summed E-state index contributed by atoms with van der Waals surface area (Å²) in [5.41, 5.74) is 1.19. The van der Waals surface area contributed by atoms with E-state index in [1.165, 1.54) is 12.1 Å². The van der Waals surface area contributed by atoms with E-state index in [-0.39, 0.29) is 12.2 Å². The molecule has 2 aromatic rings. The second-order valence-electron chi connectivity index (χ2n) is 4.01. The van der Waals surface area contributed by atoms with Gasteiger partial charge in [0.1, 0.15) is 12.4 Å². The van der Waals surface area contributed by atoms with E-state index in [0.717, 1.165) is 0 Å². The summed E-state index contributed by atoms with van der Waals surface area (Å²) in [7, 11) is 0. The maximum Gasteiger partial charge on any atom is 0.336 e. The number of hydrogen-bond donors (Lipinski definition) is 1. The third kappa shape index (κ3) is 3.08. The first-order chi connectivity index (χ1) is 9.61. The van der Waals surface area contributed by atoms with Gasteiger partial charge in [-0.25, -0.2) is 4.79 Å². The van der Waals surface area contributed by atoms with E-state index in [4.69, 9.17) is 26.7 Å². The lowest BCUT2D eigenvalue weighted by atomic mass is 10.1. The number of carbonyl (C=O) groups is 1. The van der Waals surface area contributed by atoms with Crippen molar-refractivity contribution in [3.05, 3.63) is 64.2 Å². The number of carboxylic acid groups (broad SMARTS) is 1. The van der Waals surface area contributed by atoms with Gasteiger partial charge in [-0.2, -0.15) is 5.26 Å². The molecule has 0 unspecified atom stereocenters. The number of rotatable bonds is 4. The van der Waals surface area contributed by atoms with Gasteiger partial charge in [-0.3, -0.25) is 0 Å². The molecule has 2 rings (SSSR count). The van der Waals surface area contributed by atoms with Crippen LogP contribution in [0.3, 0.4) is 0 Å². The third-order valence-electron chi connectivity index (χ3n) is 2.69. The fraction of sp³-hybridized carbons (Fsp3) is 0.0667. The second kappa shape index (κ2) is 6.09. The van der Waals surface area contributed by atoms with Gasteiger partial charge in [-0.15, -0.1) is 0 Å². The summed E-state index contributed by atoms with van der Waals surface area (Å²) in [6.45, 7) is 0.0914. The predicted molar refractivity (Wildman–Crippen MR) is 73.9 cm³/mol. The number of hydrogen-bond acceptors (Lipinski definition) is 3. The molecule has 0 aliphatic carbocycles. The molecule has 20 heavy (non-hydrogen) atoms. The van der Waals surface area contributed by atoms with Crippen LogP contribution in [0, 0.1) is 11.3 Å². The van der Waals surface area contributed by atoms with Crippen molar-refractivity contribution in [2.45, 2.75) is 6.61 Å². The highest BCUT2D eigenvalue weighted by atomic mass is 35.5. The Morgan fingerprint density at radius 1 is 1.30 bits per heavy atom. The number of ether oxygens (including phenoxy) is 1. The molecule has 2 aromatic carbocycles. The lowest BCUT2D eigenvalue weighted by Gasteiger charge is -2.10. The van der Waals surface area contributed by atoms with Crippen LogP contribution < -0.4 is 4.74 Å². The summed E-state index contributed by atoms with van der Waals surface area (Å²) in [6.07, 6.45) is 0. The Balaban J connectivity index is 2.18. The fourth-order valence-electron chi connectivity index (χ4n) is 1.70. The summed E-state index contributed by atoms with van der Waals surface area (Å²) >= 11 is 5.98. The summed E-state index contributed by atoms with van der Waals surface area (Å²) in [5.74, 6) is -0.596. The van der Waals surface area contributed by atoms with E-state index in [9.17, 15) is 4.79 Å². The molecule has 0 saturated carbocycles. The van der Waals surface area contributed by atoms with E-state index in [2.05, 4.69) is 0 Å². The Morgan fingerprint density at radius 2 is 2.05 bits per heavy atom. The zero-order valence-electron chi connectivity index (χ0n) is 10.3. The second-order valence-corrected chi connectivity index (χ2v) is 4.42. The first kappa shape index (κ1) is 13.9. The molecule has 0 aliphatic rings. The van der Waals surface area contributed by atoms with Crippen LogP contribution >= 0.6 is 11.6 Å². The van der Waals surface area contributed by atoms with E-state index >= 15 is 0 Å². The molecule has 0 bridgehead atoms. The van der Waals surface area contributed by atoms with Crippen molar-refractivity contribution in [3.63, 3.8) is 0 Å². The standard InChI is InChI=1S/C15H10ClNO3/c16-13-7-10(8-17)5-6-14(13)20-9-11-3-1-2-4-12(11)15(18)19/h1-7H,9H2,(H,18,19). The average Bonchev–Trinajstić information content (AvgIpc) is 2.46. The molecule has 0 atom stereocenters. The van der Waals surface area contributed by atoms with Crippen LogP contribution in [0.1, 0.15) is 21.5 Å². The molecule has 0 aliphatic heterocycles. The quantitative estimate of drug-likeness (QED) is 0.934. The molecule has 100 valence electrons. The zero-order valence-corrected chi connectivity index (χ0v) is 11.1. The highest BCUT2D eigenvalue weighted by molar-refractivity contribution is 6.32. The van der Waals surface area contributed by atoms with Gasteiger partial charge in [0, 0.05) is 5.56 Å². The largest absolute Gasteiger partial charge is 0.487 e. The van der Waals surface area contributed by atoms with Gasteiger partial charge in [0.25, 0.3) is 0 Å². The van der Waals surface area contributed by atoms with E-state index in [0.29, 0.717) is 21.9 Å². The molecule has 5 heteroatoms. The summed E-state index contributed by atoms with van der Waals surface area (Å²) in [5, 5.41) is 18.1. The topological polar surface area (TPSA) is 70.3 Å². The lowest BCUT2D eigenvalue weighted by molar-refractivity contribution is 0.0694. The highest BCUT2D eigenvalue weighted by Crippen LogP contribution is 2.26. The van der Waals surface area contributed by atoms with Crippen molar-refractivity contribution < 1.29 is 14.6 Å². The van der Waals surface area contributed by atoms with Crippen molar-refractivity contribution in [2.75, 3.05) is 0 Å². The van der Waals surface area contributed by atoms with Crippen LogP contribution in [0.4, 0.5) is 0 Å². The lowest BCUT2D eigenvalue weighted by Crippen LogP contribution is -2.05. The molecule has 0 radical (unpaired) electrons. The smallest absolute Gasteiger partial charge is 0.336 e. The minimum absolute atomic E-state index is 0.0914. The van der Waals surface area contributed by atoms with Crippen molar-refractivity contribution >= 4 is 17.6 Å². The Labute approximate surface area is 120 Å². The van der Waals surface area contributed by atoms with Crippen LogP contribution in [-0.4, -0.2) is 11.1 Å². The number of aromatic carboxylic acids is 1. The number of nitriles is 1. The van der Waals surface area contributed by atoms with Gasteiger partial charge in [0.15, 0.2) is 0 Å². The number of carboxylic acids is 1. The van der Waals surface area contributed by atoms with Crippen molar-refractivity contribution in [2.24, 2.45) is 0 Å². The van der Waals surface area contributed by atoms with Gasteiger partial charge in [0.2, 0.25) is 0 Å². The summed E-state index contributed by atoms with van der Waals surface area (Å²) < 4.78 is 5.51. The van der Waals surface area contributed by atoms with Crippen molar-refractivity contribution in [3.8, 4) is 11.8 Å². The molecule has 0 amide bonds. The molecular weight excluding hydrogens is 278 g/mol. The van der Waals surface area contributed by atoms with Gasteiger partial charge >= 0.3 is 5.97 Å². The Kier molecular flexibility index (Phi) is 4.24. The zero-order chi connectivity index (χ0) is 14.5. The van der Waals surface area contributed by atoms with Crippen LogP contribution in [0.5, 0.6) is 5.75 Å². The number of benzene rings is 2. The maximum atomic E-state index is 11.1. The molecule has 4 nitrogen and oxygen atoms in total. The predicted octanol–water partition coefficient (Wildman–Crippen LogP) is 3.49. The maximum absolute atomic E-state index is 11.1. The van der Waals surface area contributed by atoms with Crippen molar-refractivity contribution in [1.29, 1.82) is 5.26 Å². The highest BCUT2D eigenvalue weighted by Gasteiger charge is 2.10. The molecular formula is C15H10ClNO3. The van der Waals surface area contributed by atoms with Gasteiger partial charge in [-0.1, -0.05) is 29.8 Å². The molecule has 0 spiro atoms.